The van der Waals surface area contributed by atoms with E-state index in [0.29, 0.717) is 19.5 Å². The average Bonchev–Trinajstić information content (AvgIpc) is 2.80. The van der Waals surface area contributed by atoms with Crippen LogP contribution in [0.25, 0.3) is 0 Å². The highest BCUT2D eigenvalue weighted by atomic mass is 16.4. The number of nitrogens with zero attached hydrogens (tertiary/aromatic N) is 2. The minimum atomic E-state index is -0.866. The largest absolute Gasteiger partial charge is 0.480 e. The predicted octanol–water partition coefficient (Wildman–Crippen LogP) is 1.23. The van der Waals surface area contributed by atoms with Crippen LogP contribution in [0.4, 0.5) is 0 Å². The maximum atomic E-state index is 11.3. The van der Waals surface area contributed by atoms with Gasteiger partial charge in [0.05, 0.1) is 12.0 Å². The number of carboxylic acids is 1. The van der Waals surface area contributed by atoms with Crippen LogP contribution >= 0.6 is 0 Å². The summed E-state index contributed by atoms with van der Waals surface area (Å²) in [5.41, 5.74) is 0. The average molecular weight is 295 g/mol. The number of amides is 1. The molecule has 6 heteroatoms. The van der Waals surface area contributed by atoms with Crippen molar-refractivity contribution in [2.75, 3.05) is 13.1 Å². The van der Waals surface area contributed by atoms with Gasteiger partial charge in [0.2, 0.25) is 5.91 Å². The molecule has 1 saturated heterocycles. The van der Waals surface area contributed by atoms with Crippen molar-refractivity contribution >= 4 is 11.9 Å². The number of likely N-dealkylation sites (tertiary alicyclic amines) is 1. The Balaban J connectivity index is 2.74. The zero-order chi connectivity index (χ0) is 16.0. The van der Waals surface area contributed by atoms with E-state index in [1.165, 1.54) is 6.92 Å². The van der Waals surface area contributed by atoms with E-state index in [4.69, 9.17) is 5.26 Å². The zero-order valence-corrected chi connectivity index (χ0v) is 13.0. The first kappa shape index (κ1) is 17.4. The molecule has 2 N–H and O–H groups in total. The molecule has 1 aliphatic rings. The molecule has 3 unspecified atom stereocenters. The summed E-state index contributed by atoms with van der Waals surface area (Å²) < 4.78 is 0. The summed E-state index contributed by atoms with van der Waals surface area (Å²) in [5.74, 6) is -0.965. The first-order valence-corrected chi connectivity index (χ1v) is 7.52. The van der Waals surface area contributed by atoms with Crippen molar-refractivity contribution in [3.8, 4) is 6.07 Å². The van der Waals surface area contributed by atoms with Gasteiger partial charge in [0, 0.05) is 26.1 Å². The number of hydrogen-bond acceptors (Lipinski definition) is 4. The van der Waals surface area contributed by atoms with Gasteiger partial charge >= 0.3 is 5.97 Å². The minimum absolute atomic E-state index is 0.00182. The molecular weight excluding hydrogens is 270 g/mol. The maximum Gasteiger partial charge on any atom is 0.320 e. The highest BCUT2D eigenvalue weighted by Gasteiger charge is 2.38. The van der Waals surface area contributed by atoms with E-state index in [-0.39, 0.29) is 23.8 Å². The van der Waals surface area contributed by atoms with Gasteiger partial charge in [0.1, 0.15) is 6.04 Å². The number of carbonyl (C=O) groups excluding carboxylic acids is 1. The standard InChI is InChI=1S/C15H25N3O3/c1-4-5-13(10(2)17-11(3)19)9-18-8-12(7-16)6-14(18)15(20)21/h10,12-14H,4-6,8-9H2,1-3H3,(H,17,19)(H,20,21)/t10?,12?,13-,14?/m0/s1. The van der Waals surface area contributed by atoms with Crippen LogP contribution in [0, 0.1) is 23.2 Å². The number of aliphatic carboxylic acids is 1. The molecule has 0 spiro atoms. The summed E-state index contributed by atoms with van der Waals surface area (Å²) in [7, 11) is 0. The summed E-state index contributed by atoms with van der Waals surface area (Å²) >= 11 is 0. The molecule has 0 aromatic rings. The molecule has 1 aliphatic heterocycles. The molecular formula is C15H25N3O3. The molecule has 21 heavy (non-hydrogen) atoms. The summed E-state index contributed by atoms with van der Waals surface area (Å²) in [6, 6.07) is 1.58. The SMILES string of the molecule is CCC[C@@H](CN1CC(C#N)CC1C(=O)O)C(C)NC(C)=O. The summed E-state index contributed by atoms with van der Waals surface area (Å²) in [4.78, 5) is 24.4. The van der Waals surface area contributed by atoms with E-state index >= 15 is 0 Å². The second-order valence-corrected chi connectivity index (χ2v) is 5.91. The second-order valence-electron chi connectivity index (χ2n) is 5.91. The van der Waals surface area contributed by atoms with E-state index in [9.17, 15) is 14.7 Å². The fraction of sp³-hybridized carbons (Fsp3) is 0.800. The summed E-state index contributed by atoms with van der Waals surface area (Å²) in [5, 5.41) is 21.2. The van der Waals surface area contributed by atoms with Gasteiger partial charge < -0.3 is 10.4 Å². The van der Waals surface area contributed by atoms with Gasteiger partial charge in [0.15, 0.2) is 0 Å². The van der Waals surface area contributed by atoms with E-state index < -0.39 is 12.0 Å². The third-order valence-corrected chi connectivity index (χ3v) is 4.14. The van der Waals surface area contributed by atoms with Gasteiger partial charge in [-0.05, 0) is 25.7 Å². The fourth-order valence-corrected chi connectivity index (χ4v) is 3.07. The number of carboxylic acid groups (broad SMARTS) is 1. The lowest BCUT2D eigenvalue weighted by molar-refractivity contribution is -0.142. The molecule has 1 amide bonds. The zero-order valence-electron chi connectivity index (χ0n) is 13.0. The Morgan fingerprint density at radius 2 is 2.19 bits per heavy atom. The lowest BCUT2D eigenvalue weighted by Crippen LogP contribution is -2.45. The van der Waals surface area contributed by atoms with Crippen molar-refractivity contribution in [2.45, 2.75) is 52.1 Å². The van der Waals surface area contributed by atoms with Crippen LogP contribution in [-0.4, -0.2) is 47.1 Å². The van der Waals surface area contributed by atoms with Gasteiger partial charge in [0.25, 0.3) is 0 Å². The van der Waals surface area contributed by atoms with Gasteiger partial charge in [-0.1, -0.05) is 13.3 Å². The van der Waals surface area contributed by atoms with Gasteiger partial charge in [-0.15, -0.1) is 0 Å². The maximum absolute atomic E-state index is 11.3. The van der Waals surface area contributed by atoms with Crippen molar-refractivity contribution in [3.05, 3.63) is 0 Å². The van der Waals surface area contributed by atoms with Crippen LogP contribution < -0.4 is 5.32 Å². The predicted molar refractivity (Wildman–Crippen MR) is 78.4 cm³/mol. The number of nitrogens with one attached hydrogen (secondary N) is 1. The lowest BCUT2D eigenvalue weighted by Gasteiger charge is -2.30. The van der Waals surface area contributed by atoms with Crippen molar-refractivity contribution in [2.24, 2.45) is 11.8 Å². The Hall–Kier alpha value is -1.61. The summed E-state index contributed by atoms with van der Waals surface area (Å²) in [6.45, 7) is 6.62. The van der Waals surface area contributed by atoms with Crippen LogP contribution in [0.2, 0.25) is 0 Å². The molecule has 1 fully saturated rings. The van der Waals surface area contributed by atoms with Gasteiger partial charge in [-0.25, -0.2) is 0 Å². The second kappa shape index (κ2) is 7.99. The number of rotatable bonds is 7. The number of nitriles is 1. The Kier molecular flexibility index (Phi) is 6.63. The normalized spacial score (nSPS) is 25.0. The molecule has 0 radical (unpaired) electrons. The van der Waals surface area contributed by atoms with Crippen LogP contribution in [0.1, 0.15) is 40.0 Å². The topological polar surface area (TPSA) is 93.4 Å². The van der Waals surface area contributed by atoms with E-state index in [2.05, 4.69) is 18.3 Å². The summed E-state index contributed by atoms with van der Waals surface area (Å²) in [6.07, 6.45) is 2.28. The molecule has 0 aromatic carbocycles. The number of hydrogen-bond donors (Lipinski definition) is 2. The number of carbonyl (C=O) groups is 2. The Morgan fingerprint density at radius 3 is 2.67 bits per heavy atom. The van der Waals surface area contributed by atoms with Crippen LogP contribution in [0.3, 0.4) is 0 Å². The van der Waals surface area contributed by atoms with Crippen LogP contribution in [-0.2, 0) is 9.59 Å². The highest BCUT2D eigenvalue weighted by molar-refractivity contribution is 5.74. The fourth-order valence-electron chi connectivity index (χ4n) is 3.07. The third kappa shape index (κ3) is 5.01. The van der Waals surface area contributed by atoms with Crippen molar-refractivity contribution < 1.29 is 14.7 Å². The highest BCUT2D eigenvalue weighted by Crippen LogP contribution is 2.26. The van der Waals surface area contributed by atoms with E-state index in [1.807, 2.05) is 11.8 Å². The van der Waals surface area contributed by atoms with Crippen LogP contribution in [0.5, 0.6) is 0 Å². The monoisotopic (exact) mass is 295 g/mol. The molecule has 0 saturated carbocycles. The van der Waals surface area contributed by atoms with E-state index in [0.717, 1.165) is 12.8 Å². The molecule has 6 nitrogen and oxygen atoms in total. The van der Waals surface area contributed by atoms with Crippen molar-refractivity contribution in [3.63, 3.8) is 0 Å². The van der Waals surface area contributed by atoms with Crippen LogP contribution in [0.15, 0.2) is 0 Å². The van der Waals surface area contributed by atoms with Gasteiger partial charge in [-0.2, -0.15) is 5.26 Å². The Bertz CT molecular complexity index is 419. The van der Waals surface area contributed by atoms with Crippen molar-refractivity contribution in [1.82, 2.24) is 10.2 Å². The molecule has 118 valence electrons. The molecule has 1 heterocycles. The van der Waals surface area contributed by atoms with E-state index in [1.54, 1.807) is 0 Å². The van der Waals surface area contributed by atoms with Crippen molar-refractivity contribution in [1.29, 1.82) is 5.26 Å². The molecule has 1 rings (SSSR count). The van der Waals surface area contributed by atoms with Gasteiger partial charge in [-0.3, -0.25) is 14.5 Å². The molecule has 0 aromatic heterocycles. The first-order valence-electron chi connectivity index (χ1n) is 7.52. The quantitative estimate of drug-likeness (QED) is 0.736. The lowest BCUT2D eigenvalue weighted by atomic mass is 9.95. The first-order chi connectivity index (χ1) is 9.88. The molecule has 4 atom stereocenters. The smallest absolute Gasteiger partial charge is 0.320 e. The molecule has 0 aliphatic carbocycles. The Labute approximate surface area is 126 Å². The minimum Gasteiger partial charge on any atom is -0.480 e. The Morgan fingerprint density at radius 1 is 1.52 bits per heavy atom. The third-order valence-electron chi connectivity index (χ3n) is 4.14. The molecule has 0 bridgehead atoms.